The number of nitrogens with zero attached hydrogens (tertiary/aromatic N) is 4. The molecule has 40 heavy (non-hydrogen) atoms. The Labute approximate surface area is 236 Å². The fourth-order valence-corrected chi connectivity index (χ4v) is 5.46. The molecular formula is C30H37N5O4S. The Morgan fingerprint density at radius 1 is 0.975 bits per heavy atom. The standard InChI is InChI=1S/C30H37N5O4S/c1-22-8-7-11-27-29(22)33-30(32-25-14-16-34(17-15-25)18-19-39-40(3,36)37)35(27)20-26-28(13-12-23(2)31-26)38-21-24-9-5-4-6-10-24/h4-13,25H,14-21H2,1-3H3,(H,32,33). The summed E-state index contributed by atoms with van der Waals surface area (Å²) in [6, 6.07) is 20.6. The van der Waals surface area contributed by atoms with Crippen LogP contribution in [0.5, 0.6) is 5.75 Å². The van der Waals surface area contributed by atoms with Crippen LogP contribution in [0.1, 0.15) is 35.4 Å². The van der Waals surface area contributed by atoms with Gasteiger partial charge in [-0.1, -0.05) is 42.5 Å². The van der Waals surface area contributed by atoms with E-state index in [2.05, 4.69) is 52.0 Å². The highest BCUT2D eigenvalue weighted by Crippen LogP contribution is 2.28. The molecule has 1 fully saturated rings. The lowest BCUT2D eigenvalue weighted by atomic mass is 10.1. The summed E-state index contributed by atoms with van der Waals surface area (Å²) in [6.45, 7) is 7.58. The number of anilines is 1. The van der Waals surface area contributed by atoms with Gasteiger partial charge in [0.15, 0.2) is 0 Å². The van der Waals surface area contributed by atoms with Gasteiger partial charge in [-0.25, -0.2) is 4.98 Å². The second-order valence-corrected chi connectivity index (χ2v) is 12.1. The number of aromatic nitrogens is 3. The molecule has 0 bridgehead atoms. The molecule has 1 aliphatic rings. The van der Waals surface area contributed by atoms with Crippen LogP contribution < -0.4 is 10.1 Å². The Morgan fingerprint density at radius 2 is 1.75 bits per heavy atom. The maximum atomic E-state index is 11.3. The van der Waals surface area contributed by atoms with Gasteiger partial charge in [0.25, 0.3) is 10.1 Å². The van der Waals surface area contributed by atoms with Crippen LogP contribution in [0.15, 0.2) is 60.7 Å². The zero-order valence-electron chi connectivity index (χ0n) is 23.3. The molecule has 1 saturated heterocycles. The maximum absolute atomic E-state index is 11.3. The molecule has 3 heterocycles. The van der Waals surface area contributed by atoms with E-state index in [9.17, 15) is 8.42 Å². The number of fused-ring (bicyclic) bond motifs is 1. The molecule has 4 aromatic rings. The van der Waals surface area contributed by atoms with Crippen LogP contribution in [0.25, 0.3) is 11.0 Å². The van der Waals surface area contributed by atoms with Crippen LogP contribution in [0.4, 0.5) is 5.95 Å². The Hall–Kier alpha value is -3.47. The fraction of sp³-hybridized carbons (Fsp3) is 0.400. The number of hydrogen-bond donors (Lipinski definition) is 1. The highest BCUT2D eigenvalue weighted by molar-refractivity contribution is 7.85. The van der Waals surface area contributed by atoms with Crippen molar-refractivity contribution in [1.82, 2.24) is 19.4 Å². The van der Waals surface area contributed by atoms with Gasteiger partial charge in [-0.2, -0.15) is 8.42 Å². The number of aryl methyl sites for hydroxylation is 2. The molecule has 0 radical (unpaired) electrons. The largest absolute Gasteiger partial charge is 0.487 e. The first kappa shape index (κ1) is 28.1. The number of ether oxygens (including phenoxy) is 1. The molecule has 1 N–H and O–H groups in total. The number of imidazole rings is 1. The molecule has 5 rings (SSSR count). The first-order valence-corrected chi connectivity index (χ1v) is 15.5. The van der Waals surface area contributed by atoms with Crippen molar-refractivity contribution < 1.29 is 17.3 Å². The lowest BCUT2D eigenvalue weighted by Crippen LogP contribution is -2.41. The van der Waals surface area contributed by atoms with Gasteiger partial charge < -0.3 is 19.5 Å². The third-order valence-electron chi connectivity index (χ3n) is 7.22. The fourth-order valence-electron chi connectivity index (χ4n) is 5.09. The molecule has 0 spiro atoms. The van der Waals surface area contributed by atoms with Crippen LogP contribution >= 0.6 is 0 Å². The topological polar surface area (TPSA) is 98.6 Å². The van der Waals surface area contributed by atoms with Gasteiger partial charge in [-0.3, -0.25) is 9.17 Å². The highest BCUT2D eigenvalue weighted by Gasteiger charge is 2.23. The minimum Gasteiger partial charge on any atom is -0.487 e. The van der Waals surface area contributed by atoms with Crippen molar-refractivity contribution in [3.8, 4) is 5.75 Å². The number of benzene rings is 2. The van der Waals surface area contributed by atoms with Crippen molar-refractivity contribution in [3.63, 3.8) is 0 Å². The average Bonchev–Trinajstić information content (AvgIpc) is 3.27. The summed E-state index contributed by atoms with van der Waals surface area (Å²) in [4.78, 5) is 12.1. The molecule has 0 saturated carbocycles. The Kier molecular flexibility index (Phi) is 8.68. The predicted molar refractivity (Wildman–Crippen MR) is 157 cm³/mol. The lowest BCUT2D eigenvalue weighted by Gasteiger charge is -2.32. The third kappa shape index (κ3) is 7.18. The van der Waals surface area contributed by atoms with E-state index in [1.54, 1.807) is 0 Å². The quantitative estimate of drug-likeness (QED) is 0.266. The van der Waals surface area contributed by atoms with Crippen LogP contribution in [-0.2, 0) is 27.5 Å². The molecule has 9 nitrogen and oxygen atoms in total. The average molecular weight is 564 g/mol. The minimum atomic E-state index is -3.41. The van der Waals surface area contributed by atoms with E-state index < -0.39 is 10.1 Å². The number of para-hydroxylation sites is 1. The summed E-state index contributed by atoms with van der Waals surface area (Å²) < 4.78 is 35.9. The Balaban J connectivity index is 1.34. The van der Waals surface area contributed by atoms with E-state index in [1.807, 2.05) is 37.3 Å². The zero-order valence-corrected chi connectivity index (χ0v) is 24.2. The molecule has 212 valence electrons. The number of pyridine rings is 1. The van der Waals surface area contributed by atoms with Crippen LogP contribution in [0.2, 0.25) is 0 Å². The maximum Gasteiger partial charge on any atom is 0.264 e. The number of hydrogen-bond acceptors (Lipinski definition) is 8. The van der Waals surface area contributed by atoms with Crippen molar-refractivity contribution in [1.29, 1.82) is 0 Å². The molecule has 2 aromatic carbocycles. The highest BCUT2D eigenvalue weighted by atomic mass is 32.2. The number of piperidine rings is 1. The number of rotatable bonds is 11. The summed E-state index contributed by atoms with van der Waals surface area (Å²) in [5.41, 5.74) is 6.05. The smallest absolute Gasteiger partial charge is 0.264 e. The summed E-state index contributed by atoms with van der Waals surface area (Å²) >= 11 is 0. The van der Waals surface area contributed by atoms with Crippen LogP contribution in [0.3, 0.4) is 0 Å². The summed E-state index contributed by atoms with van der Waals surface area (Å²) in [5.74, 6) is 1.58. The SMILES string of the molecule is Cc1ccc(OCc2ccccc2)c(Cn2c(NC3CCN(CCOS(C)(=O)=O)CC3)nc3c(C)cccc32)n1. The Morgan fingerprint density at radius 3 is 2.50 bits per heavy atom. The number of likely N-dealkylation sites (tertiary alicyclic amines) is 1. The van der Waals surface area contributed by atoms with E-state index in [4.69, 9.17) is 18.9 Å². The van der Waals surface area contributed by atoms with Gasteiger partial charge in [-0.05, 0) is 56.0 Å². The summed E-state index contributed by atoms with van der Waals surface area (Å²) in [5, 5.41) is 3.71. The molecule has 0 aliphatic carbocycles. The molecule has 0 amide bonds. The van der Waals surface area contributed by atoms with E-state index in [0.29, 0.717) is 19.7 Å². The van der Waals surface area contributed by atoms with Crippen molar-refractivity contribution in [2.75, 3.05) is 37.8 Å². The van der Waals surface area contributed by atoms with E-state index in [0.717, 1.165) is 77.4 Å². The van der Waals surface area contributed by atoms with Gasteiger partial charge in [0.1, 0.15) is 18.1 Å². The van der Waals surface area contributed by atoms with Gasteiger partial charge in [0.2, 0.25) is 5.95 Å². The van der Waals surface area contributed by atoms with Gasteiger partial charge >= 0.3 is 0 Å². The third-order valence-corrected chi connectivity index (χ3v) is 7.82. The summed E-state index contributed by atoms with van der Waals surface area (Å²) in [6.07, 6.45) is 2.94. The zero-order chi connectivity index (χ0) is 28.1. The van der Waals surface area contributed by atoms with E-state index in [1.165, 1.54) is 0 Å². The van der Waals surface area contributed by atoms with Gasteiger partial charge in [-0.15, -0.1) is 0 Å². The molecule has 0 unspecified atom stereocenters. The lowest BCUT2D eigenvalue weighted by molar-refractivity contribution is 0.180. The number of nitrogens with one attached hydrogen (secondary N) is 1. The van der Waals surface area contributed by atoms with Crippen molar-refractivity contribution in [2.24, 2.45) is 0 Å². The second kappa shape index (κ2) is 12.4. The molecule has 0 atom stereocenters. The monoisotopic (exact) mass is 563 g/mol. The van der Waals surface area contributed by atoms with Crippen molar-refractivity contribution in [3.05, 3.63) is 83.2 Å². The van der Waals surface area contributed by atoms with Crippen LogP contribution in [0, 0.1) is 13.8 Å². The predicted octanol–water partition coefficient (Wildman–Crippen LogP) is 4.53. The van der Waals surface area contributed by atoms with E-state index in [-0.39, 0.29) is 12.6 Å². The molecular weight excluding hydrogens is 526 g/mol. The van der Waals surface area contributed by atoms with Crippen LogP contribution in [-0.4, -0.2) is 66.4 Å². The normalized spacial score (nSPS) is 15.0. The minimum absolute atomic E-state index is 0.185. The first-order valence-electron chi connectivity index (χ1n) is 13.7. The molecule has 2 aromatic heterocycles. The Bertz CT molecular complexity index is 1550. The van der Waals surface area contributed by atoms with Crippen molar-refractivity contribution in [2.45, 2.75) is 45.9 Å². The van der Waals surface area contributed by atoms with Gasteiger partial charge in [0.05, 0.1) is 30.4 Å². The molecule has 1 aliphatic heterocycles. The summed E-state index contributed by atoms with van der Waals surface area (Å²) in [7, 11) is -3.41. The van der Waals surface area contributed by atoms with Crippen molar-refractivity contribution >= 4 is 27.1 Å². The van der Waals surface area contributed by atoms with Gasteiger partial charge in [0, 0.05) is 31.4 Å². The first-order chi connectivity index (χ1) is 19.2. The second-order valence-electron chi connectivity index (χ2n) is 10.4. The van der Waals surface area contributed by atoms with E-state index >= 15 is 0 Å². The molecule has 10 heteroatoms.